The third kappa shape index (κ3) is 3.72. The van der Waals surface area contributed by atoms with Crippen molar-refractivity contribution in [2.45, 2.75) is 6.54 Å². The maximum Gasteiger partial charge on any atom is 0.256 e. The minimum atomic E-state index is -0.196. The highest BCUT2D eigenvalue weighted by molar-refractivity contribution is 6.39. The first-order valence-corrected chi connectivity index (χ1v) is 8.51. The Hall–Kier alpha value is -1.62. The van der Waals surface area contributed by atoms with Crippen LogP contribution in [0, 0.1) is 5.82 Å². The fraction of sp³-hybridized carbons (Fsp3) is 0.278. The summed E-state index contributed by atoms with van der Waals surface area (Å²) < 4.78 is 13.7. The van der Waals surface area contributed by atoms with Crippen molar-refractivity contribution in [1.82, 2.24) is 9.80 Å². The molecule has 0 unspecified atom stereocenters. The number of rotatable bonds is 3. The number of benzene rings is 2. The Morgan fingerprint density at radius 1 is 0.958 bits per heavy atom. The first-order valence-electron chi connectivity index (χ1n) is 7.75. The van der Waals surface area contributed by atoms with Gasteiger partial charge in [0.1, 0.15) is 5.82 Å². The van der Waals surface area contributed by atoms with E-state index >= 15 is 0 Å². The molecule has 2 aromatic carbocycles. The molecular formula is C18H17Cl2FN2O. The fourth-order valence-corrected chi connectivity index (χ4v) is 3.40. The van der Waals surface area contributed by atoms with Crippen LogP contribution in [0.25, 0.3) is 0 Å². The van der Waals surface area contributed by atoms with Crippen molar-refractivity contribution < 1.29 is 9.18 Å². The Labute approximate surface area is 150 Å². The zero-order valence-corrected chi connectivity index (χ0v) is 14.5. The van der Waals surface area contributed by atoms with Crippen LogP contribution in [0.4, 0.5) is 4.39 Å². The summed E-state index contributed by atoms with van der Waals surface area (Å²) in [5.74, 6) is -0.352. The quantitative estimate of drug-likeness (QED) is 0.816. The molecule has 1 aliphatic rings. The molecule has 0 aromatic heterocycles. The summed E-state index contributed by atoms with van der Waals surface area (Å²) in [5, 5.41) is 0.725. The Kier molecular flexibility index (Phi) is 5.39. The molecule has 1 aliphatic heterocycles. The molecule has 0 bridgehead atoms. The molecule has 3 rings (SSSR count). The molecule has 1 heterocycles. The predicted octanol–water partition coefficient (Wildman–Crippen LogP) is 4.09. The van der Waals surface area contributed by atoms with Gasteiger partial charge in [0.25, 0.3) is 5.91 Å². The summed E-state index contributed by atoms with van der Waals surface area (Å²) in [6.07, 6.45) is 0. The van der Waals surface area contributed by atoms with Crippen molar-refractivity contribution in [3.63, 3.8) is 0 Å². The number of hydrogen-bond acceptors (Lipinski definition) is 2. The van der Waals surface area contributed by atoms with Gasteiger partial charge in [-0.25, -0.2) is 4.39 Å². The molecule has 24 heavy (non-hydrogen) atoms. The summed E-state index contributed by atoms with van der Waals surface area (Å²) in [4.78, 5) is 16.5. The van der Waals surface area contributed by atoms with Crippen LogP contribution >= 0.6 is 23.2 Å². The topological polar surface area (TPSA) is 23.6 Å². The molecule has 3 nitrogen and oxygen atoms in total. The maximum absolute atomic E-state index is 13.7. The maximum atomic E-state index is 13.7. The van der Waals surface area contributed by atoms with Gasteiger partial charge in [-0.05, 0) is 18.2 Å². The molecule has 2 aromatic rings. The van der Waals surface area contributed by atoms with E-state index in [0.717, 1.165) is 0 Å². The average molecular weight is 367 g/mol. The highest BCUT2D eigenvalue weighted by atomic mass is 35.5. The van der Waals surface area contributed by atoms with Gasteiger partial charge in [-0.3, -0.25) is 9.69 Å². The number of nitrogens with zero attached hydrogens (tertiary/aromatic N) is 2. The summed E-state index contributed by atoms with van der Waals surface area (Å²) in [5.41, 5.74) is 1.02. The third-order valence-corrected chi connectivity index (χ3v) is 4.82. The highest BCUT2D eigenvalue weighted by Crippen LogP contribution is 2.26. The molecule has 0 radical (unpaired) electrons. The SMILES string of the molecule is O=C(c1c(Cl)cccc1Cl)N1CCN(Cc2ccccc2F)CC1. The van der Waals surface area contributed by atoms with Crippen LogP contribution in [-0.2, 0) is 6.54 Å². The van der Waals surface area contributed by atoms with E-state index in [0.29, 0.717) is 53.9 Å². The van der Waals surface area contributed by atoms with Crippen molar-refractivity contribution >= 4 is 29.1 Å². The second-order valence-corrected chi connectivity index (χ2v) is 6.57. The molecule has 0 saturated carbocycles. The largest absolute Gasteiger partial charge is 0.336 e. The molecule has 0 N–H and O–H groups in total. The zero-order valence-electron chi connectivity index (χ0n) is 13.0. The van der Waals surface area contributed by atoms with Crippen molar-refractivity contribution in [3.05, 3.63) is 69.5 Å². The lowest BCUT2D eigenvalue weighted by molar-refractivity contribution is 0.0627. The first-order chi connectivity index (χ1) is 11.6. The van der Waals surface area contributed by atoms with Crippen molar-refractivity contribution in [2.24, 2.45) is 0 Å². The summed E-state index contributed by atoms with van der Waals surface area (Å²) in [6, 6.07) is 11.8. The molecule has 1 fully saturated rings. The van der Waals surface area contributed by atoms with Crippen LogP contribution in [0.2, 0.25) is 10.0 Å². The van der Waals surface area contributed by atoms with Gasteiger partial charge >= 0.3 is 0 Å². The second kappa shape index (κ2) is 7.51. The van der Waals surface area contributed by atoms with Crippen molar-refractivity contribution in [1.29, 1.82) is 0 Å². The minimum Gasteiger partial charge on any atom is -0.336 e. The number of amides is 1. The van der Waals surface area contributed by atoms with E-state index in [1.54, 1.807) is 35.2 Å². The van der Waals surface area contributed by atoms with Crippen LogP contribution < -0.4 is 0 Å². The average Bonchev–Trinajstić information content (AvgIpc) is 2.57. The van der Waals surface area contributed by atoms with Gasteiger partial charge in [-0.15, -0.1) is 0 Å². The van der Waals surface area contributed by atoms with E-state index in [-0.39, 0.29) is 11.7 Å². The van der Waals surface area contributed by atoms with E-state index in [9.17, 15) is 9.18 Å². The fourth-order valence-electron chi connectivity index (χ4n) is 2.84. The normalized spacial score (nSPS) is 15.5. The highest BCUT2D eigenvalue weighted by Gasteiger charge is 2.25. The standard InChI is InChI=1S/C18H17Cl2FN2O/c19-14-5-3-6-15(20)17(14)18(24)23-10-8-22(9-11-23)12-13-4-1-2-7-16(13)21/h1-7H,8-12H2. The molecular weight excluding hydrogens is 350 g/mol. The van der Waals surface area contributed by atoms with Gasteiger partial charge in [-0.1, -0.05) is 47.5 Å². The van der Waals surface area contributed by atoms with Gasteiger partial charge in [0.15, 0.2) is 0 Å². The summed E-state index contributed by atoms with van der Waals surface area (Å²) in [6.45, 7) is 3.04. The summed E-state index contributed by atoms with van der Waals surface area (Å²) >= 11 is 12.2. The molecule has 1 saturated heterocycles. The van der Waals surface area contributed by atoms with Crippen molar-refractivity contribution in [2.75, 3.05) is 26.2 Å². The van der Waals surface area contributed by atoms with Gasteiger partial charge in [0.05, 0.1) is 15.6 Å². The van der Waals surface area contributed by atoms with Crippen LogP contribution in [0.1, 0.15) is 15.9 Å². The smallest absolute Gasteiger partial charge is 0.256 e. The van der Waals surface area contributed by atoms with Gasteiger partial charge < -0.3 is 4.90 Å². The Bertz CT molecular complexity index is 725. The number of piperazine rings is 1. The van der Waals surface area contributed by atoms with Crippen LogP contribution in [0.15, 0.2) is 42.5 Å². The third-order valence-electron chi connectivity index (χ3n) is 4.19. The monoisotopic (exact) mass is 366 g/mol. The second-order valence-electron chi connectivity index (χ2n) is 5.76. The molecule has 0 atom stereocenters. The molecule has 0 spiro atoms. The zero-order chi connectivity index (χ0) is 17.1. The Balaban J connectivity index is 1.63. The minimum absolute atomic E-state index is 0.156. The number of carbonyl (C=O) groups excluding carboxylic acids is 1. The van der Waals surface area contributed by atoms with E-state index in [2.05, 4.69) is 4.90 Å². The molecule has 6 heteroatoms. The van der Waals surface area contributed by atoms with Crippen LogP contribution in [-0.4, -0.2) is 41.9 Å². The van der Waals surface area contributed by atoms with Crippen LogP contribution in [0.3, 0.4) is 0 Å². The van der Waals surface area contributed by atoms with E-state index in [1.165, 1.54) is 6.07 Å². The van der Waals surface area contributed by atoms with E-state index in [1.807, 2.05) is 6.07 Å². The lowest BCUT2D eigenvalue weighted by atomic mass is 10.1. The Morgan fingerprint density at radius 2 is 1.58 bits per heavy atom. The number of halogens is 3. The van der Waals surface area contributed by atoms with E-state index in [4.69, 9.17) is 23.2 Å². The van der Waals surface area contributed by atoms with Gasteiger partial charge in [0.2, 0.25) is 0 Å². The lowest BCUT2D eigenvalue weighted by Crippen LogP contribution is -2.48. The molecule has 0 aliphatic carbocycles. The number of hydrogen-bond donors (Lipinski definition) is 0. The van der Waals surface area contributed by atoms with E-state index < -0.39 is 0 Å². The summed E-state index contributed by atoms with van der Waals surface area (Å²) in [7, 11) is 0. The lowest BCUT2D eigenvalue weighted by Gasteiger charge is -2.35. The van der Waals surface area contributed by atoms with Crippen LogP contribution in [0.5, 0.6) is 0 Å². The number of carbonyl (C=O) groups is 1. The molecule has 1 amide bonds. The van der Waals surface area contributed by atoms with Gasteiger partial charge in [0, 0.05) is 38.3 Å². The van der Waals surface area contributed by atoms with Crippen molar-refractivity contribution in [3.8, 4) is 0 Å². The molecule has 126 valence electrons. The predicted molar refractivity (Wildman–Crippen MR) is 94.0 cm³/mol. The Morgan fingerprint density at radius 3 is 2.21 bits per heavy atom. The first kappa shape index (κ1) is 17.2. The van der Waals surface area contributed by atoms with Gasteiger partial charge in [-0.2, -0.15) is 0 Å².